The molecule has 4 rings (SSSR count). The second-order valence-electron chi connectivity index (χ2n) is 7.20. The summed E-state index contributed by atoms with van der Waals surface area (Å²) in [5.41, 5.74) is 1.08. The summed E-state index contributed by atoms with van der Waals surface area (Å²) in [7, 11) is 0. The minimum Gasteiger partial charge on any atom is -0.352 e. The Morgan fingerprint density at radius 2 is 2.17 bits per heavy atom. The van der Waals surface area contributed by atoms with E-state index in [1.54, 1.807) is 11.3 Å². The first-order valence-electron chi connectivity index (χ1n) is 9.09. The van der Waals surface area contributed by atoms with Crippen molar-refractivity contribution in [2.45, 2.75) is 51.1 Å². The molecule has 1 aromatic heterocycles. The Bertz CT molecular complexity index is 691. The van der Waals surface area contributed by atoms with Crippen LogP contribution >= 0.6 is 11.3 Å². The Hall–Kier alpha value is -1.46. The molecule has 0 bridgehead atoms. The topological polar surface area (TPSA) is 45.2 Å². The molecule has 0 radical (unpaired) electrons. The summed E-state index contributed by atoms with van der Waals surface area (Å²) >= 11 is 1.78. The summed E-state index contributed by atoms with van der Waals surface area (Å²) in [6, 6.07) is 8.92. The van der Waals surface area contributed by atoms with Crippen LogP contribution in [0.15, 0.2) is 24.3 Å². The number of hydrogen-bond acceptors (Lipinski definition) is 4. The van der Waals surface area contributed by atoms with Gasteiger partial charge in [0.25, 0.3) is 0 Å². The minimum atomic E-state index is 0.169. The zero-order valence-corrected chi connectivity index (χ0v) is 15.0. The second kappa shape index (κ2) is 6.81. The number of piperidine rings is 1. The zero-order valence-electron chi connectivity index (χ0n) is 14.2. The van der Waals surface area contributed by atoms with Gasteiger partial charge >= 0.3 is 0 Å². The number of aromatic nitrogens is 1. The number of para-hydroxylation sites is 1. The van der Waals surface area contributed by atoms with E-state index >= 15 is 0 Å². The van der Waals surface area contributed by atoms with Crippen LogP contribution in [0.5, 0.6) is 0 Å². The van der Waals surface area contributed by atoms with Gasteiger partial charge in [-0.3, -0.25) is 9.69 Å². The first-order chi connectivity index (χ1) is 11.7. The molecule has 0 spiro atoms. The molecule has 1 aliphatic carbocycles. The van der Waals surface area contributed by atoms with E-state index in [2.05, 4.69) is 35.3 Å². The molecule has 1 amide bonds. The van der Waals surface area contributed by atoms with E-state index in [1.165, 1.54) is 35.4 Å². The number of carbonyl (C=O) groups excluding carboxylic acids is 1. The highest BCUT2D eigenvalue weighted by Gasteiger charge is 2.31. The molecule has 2 fully saturated rings. The molecule has 2 aliphatic rings. The summed E-state index contributed by atoms with van der Waals surface area (Å²) in [5, 5.41) is 4.36. The van der Waals surface area contributed by atoms with Gasteiger partial charge in [-0.15, -0.1) is 11.3 Å². The van der Waals surface area contributed by atoms with Crippen molar-refractivity contribution in [1.82, 2.24) is 15.2 Å². The van der Waals surface area contributed by atoms with Gasteiger partial charge in [0.1, 0.15) is 5.01 Å². The van der Waals surface area contributed by atoms with Gasteiger partial charge in [-0.2, -0.15) is 0 Å². The van der Waals surface area contributed by atoms with Gasteiger partial charge < -0.3 is 5.32 Å². The van der Waals surface area contributed by atoms with E-state index in [-0.39, 0.29) is 11.9 Å². The molecule has 4 nitrogen and oxygen atoms in total. The largest absolute Gasteiger partial charge is 0.352 e. The van der Waals surface area contributed by atoms with Crippen molar-refractivity contribution >= 4 is 27.5 Å². The Labute approximate surface area is 147 Å². The van der Waals surface area contributed by atoms with Crippen LogP contribution in [-0.2, 0) is 4.79 Å². The van der Waals surface area contributed by atoms with E-state index in [0.717, 1.165) is 18.5 Å². The molecule has 1 aliphatic heterocycles. The molecule has 128 valence electrons. The molecule has 1 N–H and O–H groups in total. The normalized spacial score (nSPS) is 23.3. The average molecular weight is 343 g/mol. The van der Waals surface area contributed by atoms with E-state index in [4.69, 9.17) is 4.98 Å². The SMILES string of the molecule is C[C@@H](NC(=O)CN1CCCC[C@@H]1c1nc2ccccc2s1)C1CC1. The fourth-order valence-electron chi connectivity index (χ4n) is 3.69. The lowest BCUT2D eigenvalue weighted by Gasteiger charge is -2.34. The van der Waals surface area contributed by atoms with Crippen molar-refractivity contribution < 1.29 is 4.79 Å². The highest BCUT2D eigenvalue weighted by Crippen LogP contribution is 2.35. The fourth-order valence-corrected chi connectivity index (χ4v) is 4.83. The van der Waals surface area contributed by atoms with Gasteiger partial charge in [0, 0.05) is 6.04 Å². The summed E-state index contributed by atoms with van der Waals surface area (Å²) in [6.07, 6.45) is 6.02. The smallest absolute Gasteiger partial charge is 0.234 e. The van der Waals surface area contributed by atoms with E-state index in [9.17, 15) is 4.79 Å². The molecule has 2 aromatic rings. The van der Waals surface area contributed by atoms with E-state index < -0.39 is 0 Å². The number of benzene rings is 1. The van der Waals surface area contributed by atoms with Gasteiger partial charge in [-0.25, -0.2) is 4.98 Å². The first kappa shape index (κ1) is 16.0. The second-order valence-corrected chi connectivity index (χ2v) is 8.26. The number of fused-ring (bicyclic) bond motifs is 1. The molecule has 1 saturated heterocycles. The third-order valence-corrected chi connectivity index (χ3v) is 6.41. The number of amides is 1. The fraction of sp³-hybridized carbons (Fsp3) is 0.579. The van der Waals surface area contributed by atoms with Gasteiger partial charge in [0.15, 0.2) is 0 Å². The Kier molecular flexibility index (Phi) is 4.55. The number of likely N-dealkylation sites (tertiary alicyclic amines) is 1. The van der Waals surface area contributed by atoms with Crippen LogP contribution in [0, 0.1) is 5.92 Å². The first-order valence-corrected chi connectivity index (χ1v) is 9.91. The zero-order chi connectivity index (χ0) is 16.5. The summed E-state index contributed by atoms with van der Waals surface area (Å²) in [5.74, 6) is 0.873. The van der Waals surface area contributed by atoms with Crippen LogP contribution in [0.2, 0.25) is 0 Å². The molecule has 1 aromatic carbocycles. The van der Waals surface area contributed by atoms with Crippen LogP contribution in [-0.4, -0.2) is 34.9 Å². The lowest BCUT2D eigenvalue weighted by molar-refractivity contribution is -0.123. The average Bonchev–Trinajstić information content (AvgIpc) is 3.34. The van der Waals surface area contributed by atoms with Crippen LogP contribution in [0.3, 0.4) is 0 Å². The lowest BCUT2D eigenvalue weighted by Crippen LogP contribution is -2.44. The molecule has 2 atom stereocenters. The number of rotatable bonds is 5. The summed E-state index contributed by atoms with van der Waals surface area (Å²) in [6.45, 7) is 3.63. The molecular weight excluding hydrogens is 318 g/mol. The summed E-state index contributed by atoms with van der Waals surface area (Å²) in [4.78, 5) is 19.6. The van der Waals surface area contributed by atoms with Crippen molar-refractivity contribution in [3.8, 4) is 0 Å². The van der Waals surface area contributed by atoms with Crippen LogP contribution in [0.4, 0.5) is 0 Å². The van der Waals surface area contributed by atoms with Gasteiger partial charge in [-0.1, -0.05) is 18.6 Å². The number of thiazole rings is 1. The minimum absolute atomic E-state index is 0.169. The lowest BCUT2D eigenvalue weighted by atomic mass is 10.0. The van der Waals surface area contributed by atoms with Gasteiger partial charge in [-0.05, 0) is 57.2 Å². The van der Waals surface area contributed by atoms with Crippen molar-refractivity contribution in [1.29, 1.82) is 0 Å². The molecule has 5 heteroatoms. The maximum Gasteiger partial charge on any atom is 0.234 e. The van der Waals surface area contributed by atoms with Gasteiger partial charge in [0.2, 0.25) is 5.91 Å². The quantitative estimate of drug-likeness (QED) is 0.899. The standard InChI is InChI=1S/C19H25N3OS/c1-13(14-9-10-14)20-18(23)12-22-11-5-4-7-16(22)19-21-15-6-2-3-8-17(15)24-19/h2-3,6,8,13-14,16H,4-5,7,9-12H2,1H3,(H,20,23)/t13-,16-/m1/s1. The van der Waals surface area contributed by atoms with Crippen molar-refractivity contribution in [2.75, 3.05) is 13.1 Å². The maximum atomic E-state index is 12.4. The summed E-state index contributed by atoms with van der Waals surface area (Å²) < 4.78 is 1.24. The Balaban J connectivity index is 1.46. The number of nitrogens with one attached hydrogen (secondary N) is 1. The van der Waals surface area contributed by atoms with Crippen molar-refractivity contribution in [3.05, 3.63) is 29.3 Å². The molecular formula is C19H25N3OS. The monoisotopic (exact) mass is 343 g/mol. The highest BCUT2D eigenvalue weighted by atomic mass is 32.1. The predicted molar refractivity (Wildman–Crippen MR) is 98.1 cm³/mol. The maximum absolute atomic E-state index is 12.4. The van der Waals surface area contributed by atoms with E-state index in [1.807, 2.05) is 6.07 Å². The highest BCUT2D eigenvalue weighted by molar-refractivity contribution is 7.18. The Morgan fingerprint density at radius 1 is 1.33 bits per heavy atom. The van der Waals surface area contributed by atoms with Crippen LogP contribution in [0.1, 0.15) is 50.1 Å². The van der Waals surface area contributed by atoms with Crippen LogP contribution < -0.4 is 5.32 Å². The molecule has 2 heterocycles. The molecule has 24 heavy (non-hydrogen) atoms. The van der Waals surface area contributed by atoms with Crippen molar-refractivity contribution in [3.63, 3.8) is 0 Å². The molecule has 1 saturated carbocycles. The predicted octanol–water partition coefficient (Wildman–Crippen LogP) is 3.74. The molecule has 0 unspecified atom stereocenters. The number of carbonyl (C=O) groups is 1. The third kappa shape index (κ3) is 3.47. The number of hydrogen-bond donors (Lipinski definition) is 1. The van der Waals surface area contributed by atoms with Gasteiger partial charge in [0.05, 0.1) is 22.8 Å². The van der Waals surface area contributed by atoms with E-state index in [0.29, 0.717) is 18.5 Å². The Morgan fingerprint density at radius 3 is 2.96 bits per heavy atom. The third-order valence-electron chi connectivity index (χ3n) is 5.27. The van der Waals surface area contributed by atoms with Crippen LogP contribution in [0.25, 0.3) is 10.2 Å². The number of nitrogens with zero attached hydrogens (tertiary/aromatic N) is 2. The van der Waals surface area contributed by atoms with Crippen molar-refractivity contribution in [2.24, 2.45) is 5.92 Å².